The maximum absolute atomic E-state index is 6.12. The molecule has 2 nitrogen and oxygen atoms in total. The van der Waals surface area contributed by atoms with E-state index < -0.39 is 0 Å². The van der Waals surface area contributed by atoms with Crippen LogP contribution in [-0.4, -0.2) is 4.98 Å². The van der Waals surface area contributed by atoms with E-state index >= 15 is 0 Å². The van der Waals surface area contributed by atoms with E-state index in [-0.39, 0.29) is 0 Å². The third-order valence-electron chi connectivity index (χ3n) is 2.18. The van der Waals surface area contributed by atoms with Gasteiger partial charge in [0.25, 0.3) is 0 Å². The Labute approximate surface area is 118 Å². The van der Waals surface area contributed by atoms with Gasteiger partial charge in [0.2, 0.25) is 0 Å². The van der Waals surface area contributed by atoms with E-state index in [1.807, 2.05) is 0 Å². The van der Waals surface area contributed by atoms with E-state index in [1.54, 1.807) is 18.3 Å². The maximum atomic E-state index is 6.12. The molecule has 0 spiro atoms. The summed E-state index contributed by atoms with van der Waals surface area (Å²) in [5, 5.41) is 1.36. The van der Waals surface area contributed by atoms with Crippen LogP contribution in [0.5, 0.6) is 0 Å². The maximum Gasteiger partial charge on any atom is 0.123 e. The lowest BCUT2D eigenvalue weighted by molar-refractivity contribution is 1.34. The van der Waals surface area contributed by atoms with Crippen molar-refractivity contribution < 1.29 is 0 Å². The van der Waals surface area contributed by atoms with Crippen molar-refractivity contribution in [1.82, 2.24) is 4.98 Å². The number of anilines is 1. The van der Waals surface area contributed by atoms with E-state index in [2.05, 4.69) is 4.98 Å². The standard InChI is InChI=1S/C11H6Cl4N2/c12-6-4-7(13)11(15)9(10(6)14)5-1-2-17-8(16)3-5/h1-4H,(H2,16,17). The summed E-state index contributed by atoms with van der Waals surface area (Å²) in [5.74, 6) is 0.366. The Bertz CT molecular complexity index is 558. The molecule has 0 bridgehead atoms. The molecule has 6 heteroatoms. The molecule has 0 aliphatic rings. The highest BCUT2D eigenvalue weighted by molar-refractivity contribution is 6.50. The van der Waals surface area contributed by atoms with Crippen LogP contribution in [0.15, 0.2) is 24.4 Å². The quantitative estimate of drug-likeness (QED) is 0.757. The molecular weight excluding hydrogens is 302 g/mol. The molecule has 2 rings (SSSR count). The van der Waals surface area contributed by atoms with Gasteiger partial charge in [-0.05, 0) is 23.8 Å². The largest absolute Gasteiger partial charge is 0.384 e. The number of halogens is 4. The Morgan fingerprint density at radius 2 is 1.53 bits per heavy atom. The Hall–Kier alpha value is -0.670. The zero-order valence-corrected chi connectivity index (χ0v) is 11.4. The van der Waals surface area contributed by atoms with Crippen LogP contribution in [-0.2, 0) is 0 Å². The fourth-order valence-electron chi connectivity index (χ4n) is 1.43. The highest BCUT2D eigenvalue weighted by Gasteiger charge is 2.15. The minimum Gasteiger partial charge on any atom is -0.384 e. The van der Waals surface area contributed by atoms with Crippen LogP contribution >= 0.6 is 46.4 Å². The van der Waals surface area contributed by atoms with Gasteiger partial charge in [0, 0.05) is 11.8 Å². The minimum atomic E-state index is 0.339. The zero-order valence-electron chi connectivity index (χ0n) is 8.35. The van der Waals surface area contributed by atoms with Crippen molar-refractivity contribution in [2.45, 2.75) is 0 Å². The Morgan fingerprint density at radius 3 is 2.06 bits per heavy atom. The van der Waals surface area contributed by atoms with Crippen molar-refractivity contribution >= 4 is 52.2 Å². The lowest BCUT2D eigenvalue weighted by Crippen LogP contribution is -1.91. The topological polar surface area (TPSA) is 38.9 Å². The van der Waals surface area contributed by atoms with Crippen molar-refractivity contribution in [3.05, 3.63) is 44.5 Å². The van der Waals surface area contributed by atoms with E-state index in [4.69, 9.17) is 52.1 Å². The van der Waals surface area contributed by atoms with Crippen molar-refractivity contribution in [3.63, 3.8) is 0 Å². The van der Waals surface area contributed by atoms with E-state index in [9.17, 15) is 0 Å². The molecule has 1 aromatic carbocycles. The molecule has 1 aromatic heterocycles. The summed E-state index contributed by atoms with van der Waals surface area (Å²) in [7, 11) is 0. The lowest BCUT2D eigenvalue weighted by Gasteiger charge is -2.10. The third kappa shape index (κ3) is 2.45. The molecule has 2 aromatic rings. The van der Waals surface area contributed by atoms with Crippen molar-refractivity contribution in [2.24, 2.45) is 0 Å². The van der Waals surface area contributed by atoms with Crippen molar-refractivity contribution in [2.75, 3.05) is 5.73 Å². The normalized spacial score (nSPS) is 10.6. The average Bonchev–Trinajstić information content (AvgIpc) is 2.27. The van der Waals surface area contributed by atoms with Gasteiger partial charge in [-0.2, -0.15) is 0 Å². The number of hydrogen-bond acceptors (Lipinski definition) is 2. The summed E-state index contributed by atoms with van der Waals surface area (Å²) in [6, 6.07) is 4.89. The van der Waals surface area contributed by atoms with Gasteiger partial charge < -0.3 is 5.73 Å². The second-order valence-electron chi connectivity index (χ2n) is 3.31. The van der Waals surface area contributed by atoms with Gasteiger partial charge in [0.05, 0.1) is 20.1 Å². The first-order valence-corrected chi connectivity index (χ1v) is 6.06. The Balaban J connectivity index is 2.75. The number of nitrogens with zero attached hydrogens (tertiary/aromatic N) is 1. The van der Waals surface area contributed by atoms with Gasteiger partial charge in [-0.15, -0.1) is 0 Å². The first kappa shape index (κ1) is 12.8. The smallest absolute Gasteiger partial charge is 0.123 e. The molecule has 0 saturated heterocycles. The average molecular weight is 308 g/mol. The van der Waals surface area contributed by atoms with Gasteiger partial charge in [0.15, 0.2) is 0 Å². The summed E-state index contributed by atoms with van der Waals surface area (Å²) < 4.78 is 0. The molecule has 1 heterocycles. The number of pyridine rings is 1. The zero-order chi connectivity index (χ0) is 12.6. The molecule has 0 amide bonds. The molecule has 0 radical (unpaired) electrons. The Morgan fingerprint density at radius 1 is 0.941 bits per heavy atom. The molecule has 0 saturated carbocycles. The predicted octanol–water partition coefficient (Wildman–Crippen LogP) is 4.94. The van der Waals surface area contributed by atoms with Crippen molar-refractivity contribution in [3.8, 4) is 11.1 Å². The number of hydrogen-bond donors (Lipinski definition) is 1. The molecule has 2 N–H and O–H groups in total. The summed E-state index contributed by atoms with van der Waals surface area (Å²) in [6.45, 7) is 0. The summed E-state index contributed by atoms with van der Waals surface area (Å²) in [6.07, 6.45) is 1.56. The first-order valence-electron chi connectivity index (χ1n) is 4.55. The Kier molecular flexibility index (Phi) is 3.69. The molecule has 0 fully saturated rings. The van der Waals surface area contributed by atoms with E-state index in [1.165, 1.54) is 6.07 Å². The van der Waals surface area contributed by atoms with Crippen LogP contribution in [0.1, 0.15) is 0 Å². The fourth-order valence-corrected chi connectivity index (χ4v) is 2.46. The van der Waals surface area contributed by atoms with Gasteiger partial charge in [-0.3, -0.25) is 0 Å². The SMILES string of the molecule is Nc1cc(-c2c(Cl)c(Cl)cc(Cl)c2Cl)ccn1. The lowest BCUT2D eigenvalue weighted by atomic mass is 10.1. The monoisotopic (exact) mass is 306 g/mol. The highest BCUT2D eigenvalue weighted by Crippen LogP contribution is 2.43. The highest BCUT2D eigenvalue weighted by atomic mass is 35.5. The minimum absolute atomic E-state index is 0.339. The van der Waals surface area contributed by atoms with E-state index in [0.29, 0.717) is 31.5 Å². The molecule has 0 atom stereocenters. The number of benzene rings is 1. The number of rotatable bonds is 1. The van der Waals surface area contributed by atoms with Crippen LogP contribution < -0.4 is 5.73 Å². The van der Waals surface area contributed by atoms with E-state index in [0.717, 1.165) is 5.56 Å². The first-order chi connectivity index (χ1) is 8.00. The summed E-state index contributed by atoms with van der Waals surface area (Å²) in [5.41, 5.74) is 6.88. The second-order valence-corrected chi connectivity index (χ2v) is 4.88. The van der Waals surface area contributed by atoms with Crippen LogP contribution in [0.3, 0.4) is 0 Å². The molecular formula is C11H6Cl4N2. The third-order valence-corrected chi connectivity index (χ3v) is 3.76. The van der Waals surface area contributed by atoms with Crippen LogP contribution in [0, 0.1) is 0 Å². The van der Waals surface area contributed by atoms with Crippen LogP contribution in [0.2, 0.25) is 20.1 Å². The van der Waals surface area contributed by atoms with Crippen LogP contribution in [0.4, 0.5) is 5.82 Å². The molecule has 0 aliphatic heterocycles. The van der Waals surface area contributed by atoms with Gasteiger partial charge >= 0.3 is 0 Å². The van der Waals surface area contributed by atoms with Gasteiger partial charge in [0.1, 0.15) is 5.82 Å². The second kappa shape index (κ2) is 4.91. The molecule has 0 aliphatic carbocycles. The summed E-state index contributed by atoms with van der Waals surface area (Å²) in [4.78, 5) is 3.90. The molecule has 0 unspecified atom stereocenters. The molecule has 88 valence electrons. The predicted molar refractivity (Wildman–Crippen MR) is 74.1 cm³/mol. The molecule has 17 heavy (non-hydrogen) atoms. The van der Waals surface area contributed by atoms with Crippen LogP contribution in [0.25, 0.3) is 11.1 Å². The van der Waals surface area contributed by atoms with Gasteiger partial charge in [-0.25, -0.2) is 4.98 Å². The number of nitrogen functional groups attached to an aromatic ring is 1. The van der Waals surface area contributed by atoms with Gasteiger partial charge in [-0.1, -0.05) is 46.4 Å². The number of nitrogens with two attached hydrogens (primary N) is 1. The fraction of sp³-hybridized carbons (Fsp3) is 0. The summed E-state index contributed by atoms with van der Waals surface area (Å²) >= 11 is 24.2. The number of aromatic nitrogens is 1. The van der Waals surface area contributed by atoms with Crippen molar-refractivity contribution in [1.29, 1.82) is 0 Å².